The van der Waals surface area contributed by atoms with Crippen LogP contribution < -0.4 is 5.32 Å². The first-order valence-electron chi connectivity index (χ1n) is 6.91. The fourth-order valence-corrected chi connectivity index (χ4v) is 1.94. The molecule has 2 N–H and O–H groups in total. The van der Waals surface area contributed by atoms with Crippen LogP contribution in [0, 0.1) is 0 Å². The lowest BCUT2D eigenvalue weighted by Gasteiger charge is -2.21. The molecule has 0 amide bonds. The Hall–Kier alpha value is -0.900. The predicted octanol–water partition coefficient (Wildman–Crippen LogP) is 1.87. The molecule has 0 aromatic heterocycles. The third-order valence-electron chi connectivity index (χ3n) is 2.70. The minimum absolute atomic E-state index is 0.240. The van der Waals surface area contributed by atoms with E-state index in [0.29, 0.717) is 6.54 Å². The number of aliphatic hydroxyl groups is 1. The van der Waals surface area contributed by atoms with E-state index in [1.54, 1.807) is 0 Å². The van der Waals surface area contributed by atoms with Gasteiger partial charge in [0.15, 0.2) is 0 Å². The maximum Gasteiger partial charge on any atom is 0.0791 e. The number of nitrogens with one attached hydrogen (secondary N) is 1. The van der Waals surface area contributed by atoms with Gasteiger partial charge in [0.05, 0.1) is 6.10 Å². The molecule has 3 nitrogen and oxygen atoms in total. The molecular weight excluding hydrogens is 224 g/mol. The van der Waals surface area contributed by atoms with Crippen molar-refractivity contribution in [1.29, 1.82) is 0 Å². The van der Waals surface area contributed by atoms with Crippen molar-refractivity contribution in [2.24, 2.45) is 0 Å². The summed E-state index contributed by atoms with van der Waals surface area (Å²) in [5.41, 5.74) is 1.31. The van der Waals surface area contributed by atoms with E-state index < -0.39 is 0 Å². The second kappa shape index (κ2) is 9.09. The molecule has 1 aliphatic heterocycles. The van der Waals surface area contributed by atoms with Gasteiger partial charge in [-0.3, -0.25) is 4.90 Å². The molecule has 1 saturated heterocycles. The molecule has 1 aliphatic rings. The smallest absolute Gasteiger partial charge is 0.0791 e. The minimum Gasteiger partial charge on any atom is -0.390 e. The van der Waals surface area contributed by atoms with E-state index in [1.165, 1.54) is 12.0 Å². The van der Waals surface area contributed by atoms with Gasteiger partial charge in [-0.25, -0.2) is 0 Å². The van der Waals surface area contributed by atoms with Gasteiger partial charge >= 0.3 is 0 Å². The molecule has 2 rings (SSSR count). The summed E-state index contributed by atoms with van der Waals surface area (Å²) in [6.45, 7) is 8.63. The quantitative estimate of drug-likeness (QED) is 0.841. The van der Waals surface area contributed by atoms with Crippen LogP contribution in [0.1, 0.15) is 25.8 Å². The van der Waals surface area contributed by atoms with Crippen molar-refractivity contribution < 1.29 is 5.11 Å². The fraction of sp³-hybridized carbons (Fsp3) is 0.600. The molecule has 102 valence electrons. The lowest BCUT2D eigenvalue weighted by Crippen LogP contribution is -2.32. The van der Waals surface area contributed by atoms with Crippen LogP contribution in [-0.4, -0.2) is 42.3 Å². The average Bonchev–Trinajstić information content (AvgIpc) is 2.56. The molecule has 18 heavy (non-hydrogen) atoms. The molecule has 0 bridgehead atoms. The number of hydrogen-bond acceptors (Lipinski definition) is 3. The van der Waals surface area contributed by atoms with Crippen LogP contribution in [0.25, 0.3) is 0 Å². The van der Waals surface area contributed by atoms with E-state index in [1.807, 2.05) is 6.07 Å². The minimum atomic E-state index is -0.240. The van der Waals surface area contributed by atoms with Crippen molar-refractivity contribution >= 4 is 0 Å². The van der Waals surface area contributed by atoms with Crippen molar-refractivity contribution in [3.05, 3.63) is 35.9 Å². The first-order chi connectivity index (χ1) is 8.76. The molecule has 1 heterocycles. The van der Waals surface area contributed by atoms with E-state index in [2.05, 4.69) is 48.3 Å². The van der Waals surface area contributed by atoms with Crippen LogP contribution in [-0.2, 0) is 6.54 Å². The van der Waals surface area contributed by atoms with Gasteiger partial charge in [-0.2, -0.15) is 0 Å². The second-order valence-electron chi connectivity index (χ2n) is 4.79. The van der Waals surface area contributed by atoms with Gasteiger partial charge in [0.2, 0.25) is 0 Å². The van der Waals surface area contributed by atoms with E-state index in [-0.39, 0.29) is 6.10 Å². The van der Waals surface area contributed by atoms with Gasteiger partial charge in [0.25, 0.3) is 0 Å². The maximum atomic E-state index is 9.63. The molecular formula is C15H26N2O. The van der Waals surface area contributed by atoms with Crippen molar-refractivity contribution in [1.82, 2.24) is 10.2 Å². The SMILES string of the molecule is CCC.O[C@@H]1CNCCN(Cc2ccccc2)C1. The second-order valence-corrected chi connectivity index (χ2v) is 4.79. The highest BCUT2D eigenvalue weighted by Gasteiger charge is 2.15. The molecule has 0 aliphatic carbocycles. The summed E-state index contributed by atoms with van der Waals surface area (Å²) in [5, 5.41) is 12.9. The van der Waals surface area contributed by atoms with Gasteiger partial charge in [-0.15, -0.1) is 0 Å². The van der Waals surface area contributed by atoms with Crippen LogP contribution in [0.2, 0.25) is 0 Å². The molecule has 0 spiro atoms. The third kappa shape index (κ3) is 6.15. The molecule has 0 saturated carbocycles. The standard InChI is InChI=1S/C12H18N2O.C3H8/c15-12-8-13-6-7-14(10-12)9-11-4-2-1-3-5-11;1-3-2/h1-5,12-13,15H,6-10H2;3H2,1-2H3/t12-;/m1./s1. The number of benzene rings is 1. The first-order valence-corrected chi connectivity index (χ1v) is 6.91. The molecule has 1 atom stereocenters. The largest absolute Gasteiger partial charge is 0.390 e. The summed E-state index contributed by atoms with van der Waals surface area (Å²) in [7, 11) is 0. The van der Waals surface area contributed by atoms with Gasteiger partial charge in [-0.05, 0) is 5.56 Å². The molecule has 1 aromatic rings. The highest BCUT2D eigenvalue weighted by molar-refractivity contribution is 5.14. The number of aliphatic hydroxyl groups excluding tert-OH is 1. The Balaban J connectivity index is 0.000000492. The molecule has 3 heteroatoms. The van der Waals surface area contributed by atoms with Crippen molar-refractivity contribution in [2.75, 3.05) is 26.2 Å². The average molecular weight is 250 g/mol. The zero-order chi connectivity index (χ0) is 13.2. The Bertz CT molecular complexity index is 303. The zero-order valence-corrected chi connectivity index (χ0v) is 11.6. The van der Waals surface area contributed by atoms with E-state index in [0.717, 1.165) is 26.2 Å². The van der Waals surface area contributed by atoms with E-state index in [4.69, 9.17) is 0 Å². The molecule has 0 unspecified atom stereocenters. The summed E-state index contributed by atoms with van der Waals surface area (Å²) in [6.07, 6.45) is 1.01. The lowest BCUT2D eigenvalue weighted by atomic mass is 10.2. The van der Waals surface area contributed by atoms with Gasteiger partial charge < -0.3 is 10.4 Å². The molecule has 1 aromatic carbocycles. The maximum absolute atomic E-state index is 9.63. The van der Waals surface area contributed by atoms with Crippen LogP contribution >= 0.6 is 0 Å². The normalized spacial score (nSPS) is 20.7. The number of β-amino-alcohol motifs (C(OH)–C–C–N with tert-alkyl or cyclic N) is 1. The van der Waals surface area contributed by atoms with Crippen molar-refractivity contribution in [3.63, 3.8) is 0 Å². The number of hydrogen-bond donors (Lipinski definition) is 2. The Labute approximate surface area is 111 Å². The monoisotopic (exact) mass is 250 g/mol. The summed E-state index contributed by atoms with van der Waals surface area (Å²) >= 11 is 0. The van der Waals surface area contributed by atoms with E-state index in [9.17, 15) is 5.11 Å². The first kappa shape index (κ1) is 15.2. The summed E-state index contributed by atoms with van der Waals surface area (Å²) in [6, 6.07) is 10.4. The molecule has 1 fully saturated rings. The topological polar surface area (TPSA) is 35.5 Å². The van der Waals surface area contributed by atoms with Crippen molar-refractivity contribution in [3.8, 4) is 0 Å². The fourth-order valence-electron chi connectivity index (χ4n) is 1.94. The number of rotatable bonds is 2. The predicted molar refractivity (Wildman–Crippen MR) is 76.6 cm³/mol. The molecule has 0 radical (unpaired) electrons. The van der Waals surface area contributed by atoms with Crippen LogP contribution in [0.5, 0.6) is 0 Å². The third-order valence-corrected chi connectivity index (χ3v) is 2.70. The van der Waals surface area contributed by atoms with Crippen LogP contribution in [0.3, 0.4) is 0 Å². The van der Waals surface area contributed by atoms with Crippen molar-refractivity contribution in [2.45, 2.75) is 32.9 Å². The zero-order valence-electron chi connectivity index (χ0n) is 11.6. The highest BCUT2D eigenvalue weighted by atomic mass is 16.3. The Kier molecular flexibility index (Phi) is 7.65. The van der Waals surface area contributed by atoms with Crippen LogP contribution in [0.4, 0.5) is 0 Å². The highest BCUT2D eigenvalue weighted by Crippen LogP contribution is 2.05. The Morgan fingerprint density at radius 2 is 1.94 bits per heavy atom. The summed E-state index contributed by atoms with van der Waals surface area (Å²) in [4.78, 5) is 2.29. The van der Waals surface area contributed by atoms with Gasteiger partial charge in [-0.1, -0.05) is 50.6 Å². The lowest BCUT2D eigenvalue weighted by molar-refractivity contribution is 0.127. The Morgan fingerprint density at radius 1 is 1.28 bits per heavy atom. The van der Waals surface area contributed by atoms with Gasteiger partial charge in [0, 0.05) is 32.7 Å². The summed E-state index contributed by atoms with van der Waals surface area (Å²) in [5.74, 6) is 0. The summed E-state index contributed by atoms with van der Waals surface area (Å²) < 4.78 is 0. The number of nitrogens with zero attached hydrogens (tertiary/aromatic N) is 1. The van der Waals surface area contributed by atoms with E-state index >= 15 is 0 Å². The Morgan fingerprint density at radius 3 is 2.61 bits per heavy atom. The van der Waals surface area contributed by atoms with Crippen LogP contribution in [0.15, 0.2) is 30.3 Å². The van der Waals surface area contributed by atoms with Gasteiger partial charge in [0.1, 0.15) is 0 Å².